The molecule has 1 fully saturated rings. The van der Waals surface area contributed by atoms with E-state index in [0.717, 1.165) is 47.0 Å². The lowest BCUT2D eigenvalue weighted by molar-refractivity contribution is -0.153. The average molecular weight is 394 g/mol. The number of amides is 1. The fraction of sp³-hybridized carbons (Fsp3) is 0.318. The Balaban J connectivity index is 1.41. The number of carbonyl (C=O) groups excluding carboxylic acids is 2. The van der Waals surface area contributed by atoms with Crippen LogP contribution in [0, 0.1) is 6.92 Å². The molecule has 0 atom stereocenters. The summed E-state index contributed by atoms with van der Waals surface area (Å²) in [6, 6.07) is 15.7. The number of aromatic nitrogens is 1. The van der Waals surface area contributed by atoms with Gasteiger partial charge in [-0.3, -0.25) is 14.9 Å². The maximum Gasteiger partial charge on any atom is 0.317 e. The molecule has 3 aromatic rings. The van der Waals surface area contributed by atoms with Gasteiger partial charge in [-0.05, 0) is 43.0 Å². The van der Waals surface area contributed by atoms with Crippen LogP contribution in [-0.4, -0.2) is 23.5 Å². The lowest BCUT2D eigenvalue weighted by atomic mass is 9.79. The third-order valence-corrected chi connectivity index (χ3v) is 6.23. The Morgan fingerprint density at radius 1 is 1.14 bits per heavy atom. The van der Waals surface area contributed by atoms with Crippen molar-refractivity contribution < 1.29 is 14.3 Å². The first kappa shape index (κ1) is 18.6. The van der Waals surface area contributed by atoms with Crippen molar-refractivity contribution in [1.82, 2.24) is 4.98 Å². The van der Waals surface area contributed by atoms with E-state index in [1.165, 1.54) is 11.3 Å². The van der Waals surface area contributed by atoms with Gasteiger partial charge in [0.05, 0.1) is 15.6 Å². The van der Waals surface area contributed by atoms with Gasteiger partial charge in [-0.25, -0.2) is 4.98 Å². The number of benzene rings is 2. The summed E-state index contributed by atoms with van der Waals surface area (Å²) in [4.78, 5) is 29.6. The molecule has 2 aromatic carbocycles. The van der Waals surface area contributed by atoms with E-state index >= 15 is 0 Å². The number of aryl methyl sites for hydroxylation is 1. The van der Waals surface area contributed by atoms with Crippen molar-refractivity contribution in [2.75, 3.05) is 11.9 Å². The Labute approximate surface area is 167 Å². The number of rotatable bonds is 5. The van der Waals surface area contributed by atoms with E-state index in [9.17, 15) is 9.59 Å². The first-order chi connectivity index (χ1) is 13.6. The van der Waals surface area contributed by atoms with Gasteiger partial charge in [0.2, 0.25) is 0 Å². The summed E-state index contributed by atoms with van der Waals surface area (Å²) in [5.74, 6) is -0.684. The van der Waals surface area contributed by atoms with E-state index in [0.29, 0.717) is 5.13 Å². The van der Waals surface area contributed by atoms with Crippen molar-refractivity contribution in [3.05, 3.63) is 59.7 Å². The molecule has 1 N–H and O–H groups in total. The molecule has 1 saturated carbocycles. The van der Waals surface area contributed by atoms with E-state index in [-0.39, 0.29) is 18.5 Å². The highest BCUT2D eigenvalue weighted by Crippen LogP contribution is 2.42. The molecule has 1 aliphatic carbocycles. The van der Waals surface area contributed by atoms with Gasteiger partial charge in [-0.1, -0.05) is 60.6 Å². The van der Waals surface area contributed by atoms with Gasteiger partial charge >= 0.3 is 5.97 Å². The minimum absolute atomic E-state index is 0.303. The number of hydrogen-bond donors (Lipinski definition) is 1. The normalized spacial score (nSPS) is 15.5. The Morgan fingerprint density at radius 3 is 2.64 bits per heavy atom. The molecular formula is C22H22N2O3S. The van der Waals surface area contributed by atoms with Crippen LogP contribution in [0.5, 0.6) is 0 Å². The zero-order chi connectivity index (χ0) is 19.6. The van der Waals surface area contributed by atoms with Crippen LogP contribution in [0.4, 0.5) is 5.13 Å². The number of thiazole rings is 1. The van der Waals surface area contributed by atoms with Crippen LogP contribution >= 0.6 is 11.3 Å². The molecule has 0 radical (unpaired) electrons. The molecule has 1 aromatic heterocycles. The fourth-order valence-electron chi connectivity index (χ4n) is 3.86. The standard InChI is InChI=1S/C22H22N2O3S/c1-15-9-10-17-18(13-15)28-21(23-17)24-19(25)14-27-20(26)22(11-5-6-12-22)16-7-3-2-4-8-16/h2-4,7-10,13H,5-6,11-12,14H2,1H3,(H,23,24,25). The predicted octanol–water partition coefficient (Wildman–Crippen LogP) is 4.60. The van der Waals surface area contributed by atoms with Crippen molar-refractivity contribution in [3.8, 4) is 0 Å². The number of fused-ring (bicyclic) bond motifs is 1. The van der Waals surface area contributed by atoms with E-state index in [4.69, 9.17) is 4.74 Å². The van der Waals surface area contributed by atoms with Crippen molar-refractivity contribution in [2.45, 2.75) is 38.0 Å². The maximum absolute atomic E-state index is 12.9. The van der Waals surface area contributed by atoms with E-state index in [1.54, 1.807) is 0 Å². The van der Waals surface area contributed by atoms with E-state index in [1.807, 2.05) is 55.5 Å². The van der Waals surface area contributed by atoms with Crippen LogP contribution in [-0.2, 0) is 19.7 Å². The minimum atomic E-state index is -0.630. The van der Waals surface area contributed by atoms with Crippen molar-refractivity contribution >= 4 is 38.6 Å². The molecule has 6 heteroatoms. The van der Waals surface area contributed by atoms with Crippen LogP contribution in [0.15, 0.2) is 48.5 Å². The van der Waals surface area contributed by atoms with Crippen LogP contribution in [0.3, 0.4) is 0 Å². The Bertz CT molecular complexity index is 1010. The number of anilines is 1. The summed E-state index contributed by atoms with van der Waals surface area (Å²) in [5, 5.41) is 3.25. The van der Waals surface area contributed by atoms with Gasteiger partial charge in [0.25, 0.3) is 5.91 Å². The maximum atomic E-state index is 12.9. The van der Waals surface area contributed by atoms with Gasteiger partial charge in [0.1, 0.15) is 0 Å². The molecule has 0 saturated heterocycles. The molecule has 1 aliphatic rings. The quantitative estimate of drug-likeness (QED) is 0.642. The first-order valence-corrected chi connectivity index (χ1v) is 10.3. The SMILES string of the molecule is Cc1ccc2nc(NC(=O)COC(=O)C3(c4ccccc4)CCCC3)sc2c1. The second kappa shape index (κ2) is 7.72. The van der Waals surface area contributed by atoms with Crippen molar-refractivity contribution in [1.29, 1.82) is 0 Å². The highest BCUT2D eigenvalue weighted by Gasteiger charge is 2.44. The molecule has 144 valence electrons. The van der Waals surface area contributed by atoms with Crippen LogP contribution in [0.25, 0.3) is 10.2 Å². The van der Waals surface area contributed by atoms with Crippen LogP contribution < -0.4 is 5.32 Å². The Hall–Kier alpha value is -2.73. The number of esters is 1. The highest BCUT2D eigenvalue weighted by atomic mass is 32.1. The molecular weight excluding hydrogens is 372 g/mol. The minimum Gasteiger partial charge on any atom is -0.455 e. The van der Waals surface area contributed by atoms with Crippen molar-refractivity contribution in [3.63, 3.8) is 0 Å². The second-order valence-electron chi connectivity index (χ2n) is 7.27. The smallest absolute Gasteiger partial charge is 0.317 e. The number of nitrogens with one attached hydrogen (secondary N) is 1. The lowest BCUT2D eigenvalue weighted by Crippen LogP contribution is -2.36. The summed E-state index contributed by atoms with van der Waals surface area (Å²) in [7, 11) is 0. The molecule has 5 nitrogen and oxygen atoms in total. The molecule has 1 heterocycles. The Morgan fingerprint density at radius 2 is 1.89 bits per heavy atom. The molecule has 4 rings (SSSR count). The Kier molecular flexibility index (Phi) is 5.13. The summed E-state index contributed by atoms with van der Waals surface area (Å²) in [6.07, 6.45) is 3.49. The molecule has 1 amide bonds. The molecule has 0 aliphatic heterocycles. The number of hydrogen-bond acceptors (Lipinski definition) is 5. The monoisotopic (exact) mass is 394 g/mol. The van der Waals surface area contributed by atoms with Crippen LogP contribution in [0.1, 0.15) is 36.8 Å². The largest absolute Gasteiger partial charge is 0.455 e. The van der Waals surface area contributed by atoms with Gasteiger partial charge in [-0.15, -0.1) is 0 Å². The third kappa shape index (κ3) is 3.64. The van der Waals surface area contributed by atoms with E-state index < -0.39 is 5.41 Å². The first-order valence-electron chi connectivity index (χ1n) is 9.47. The summed E-state index contributed by atoms with van der Waals surface area (Å²) >= 11 is 1.41. The summed E-state index contributed by atoms with van der Waals surface area (Å²) in [5.41, 5.74) is 2.33. The summed E-state index contributed by atoms with van der Waals surface area (Å²) < 4.78 is 6.45. The van der Waals surface area contributed by atoms with Gasteiger partial charge in [0.15, 0.2) is 11.7 Å². The van der Waals surface area contributed by atoms with Crippen molar-refractivity contribution in [2.24, 2.45) is 0 Å². The van der Waals surface area contributed by atoms with E-state index in [2.05, 4.69) is 10.3 Å². The molecule has 0 bridgehead atoms. The third-order valence-electron chi connectivity index (χ3n) is 5.30. The zero-order valence-electron chi connectivity index (χ0n) is 15.7. The number of ether oxygens (including phenoxy) is 1. The number of carbonyl (C=O) groups is 2. The summed E-state index contributed by atoms with van der Waals surface area (Å²) in [6.45, 7) is 1.71. The zero-order valence-corrected chi connectivity index (χ0v) is 16.6. The lowest BCUT2D eigenvalue weighted by Gasteiger charge is -2.27. The van der Waals surface area contributed by atoms with Gasteiger partial charge < -0.3 is 4.74 Å². The molecule has 0 spiro atoms. The van der Waals surface area contributed by atoms with Gasteiger partial charge in [-0.2, -0.15) is 0 Å². The fourth-order valence-corrected chi connectivity index (χ4v) is 4.84. The number of nitrogens with zero attached hydrogens (tertiary/aromatic N) is 1. The highest BCUT2D eigenvalue weighted by molar-refractivity contribution is 7.22. The molecule has 0 unspecified atom stereocenters. The van der Waals surface area contributed by atoms with Gasteiger partial charge in [0, 0.05) is 0 Å². The van der Waals surface area contributed by atoms with Crippen LogP contribution in [0.2, 0.25) is 0 Å². The average Bonchev–Trinajstić information content (AvgIpc) is 3.34. The second-order valence-corrected chi connectivity index (χ2v) is 8.30. The predicted molar refractivity (Wildman–Crippen MR) is 111 cm³/mol. The molecule has 28 heavy (non-hydrogen) atoms. The topological polar surface area (TPSA) is 68.3 Å².